The van der Waals surface area contributed by atoms with Gasteiger partial charge in [0.1, 0.15) is 29.4 Å². The maximum Gasteiger partial charge on any atom is 0.216 e. The molecule has 0 saturated carbocycles. The zero-order valence-electron chi connectivity index (χ0n) is 15.7. The van der Waals surface area contributed by atoms with Gasteiger partial charge in [0.25, 0.3) is 0 Å². The molecule has 3 aromatic carbocycles. The van der Waals surface area contributed by atoms with E-state index in [-0.39, 0.29) is 0 Å². The Morgan fingerprint density at radius 1 is 0.679 bits per heavy atom. The van der Waals surface area contributed by atoms with Gasteiger partial charge in [0.2, 0.25) is 5.69 Å². The molecule has 3 aromatic heterocycles. The Balaban J connectivity index is 1.84. The number of benzene rings is 3. The number of fused-ring (bicyclic) bond motifs is 7. The maximum absolute atomic E-state index is 6.45. The molecule has 28 heavy (non-hydrogen) atoms. The minimum absolute atomic E-state index is 0.888. The molecule has 0 spiro atoms. The molecule has 0 saturated heterocycles. The molecule has 0 amide bonds. The molecule has 6 rings (SSSR count). The highest BCUT2D eigenvalue weighted by atomic mass is 16.3. The zero-order valence-corrected chi connectivity index (χ0v) is 15.7. The molecular formula is C25H18NO2+. The van der Waals surface area contributed by atoms with Crippen LogP contribution in [0.2, 0.25) is 0 Å². The van der Waals surface area contributed by atoms with Gasteiger partial charge in [0.15, 0.2) is 6.20 Å². The van der Waals surface area contributed by atoms with Crippen molar-refractivity contribution in [2.75, 3.05) is 0 Å². The van der Waals surface area contributed by atoms with Crippen LogP contribution in [0.4, 0.5) is 0 Å². The SMILES string of the molecule is Cc1ccc2c(oc3ccc4oc5ccccc5c4c32)c1-c1cccc[n+]1C. The van der Waals surface area contributed by atoms with Crippen LogP contribution in [0.15, 0.2) is 81.8 Å². The highest BCUT2D eigenvalue weighted by Gasteiger charge is 2.22. The predicted molar refractivity (Wildman–Crippen MR) is 112 cm³/mol. The largest absolute Gasteiger partial charge is 0.456 e. The second-order valence-electron chi connectivity index (χ2n) is 7.34. The second-order valence-corrected chi connectivity index (χ2v) is 7.34. The van der Waals surface area contributed by atoms with Crippen molar-refractivity contribution >= 4 is 43.9 Å². The molecule has 0 atom stereocenters. The van der Waals surface area contributed by atoms with E-state index in [2.05, 4.69) is 61.1 Å². The number of hydrogen-bond acceptors (Lipinski definition) is 2. The average Bonchev–Trinajstić information content (AvgIpc) is 3.26. The molecule has 0 aliphatic rings. The summed E-state index contributed by atoms with van der Waals surface area (Å²) >= 11 is 0. The Kier molecular flexibility index (Phi) is 3.01. The Labute approximate surface area is 161 Å². The van der Waals surface area contributed by atoms with E-state index < -0.39 is 0 Å². The third-order valence-electron chi connectivity index (χ3n) is 5.66. The number of hydrogen-bond donors (Lipinski definition) is 0. The lowest BCUT2D eigenvalue weighted by Gasteiger charge is -2.05. The van der Waals surface area contributed by atoms with Crippen molar-refractivity contribution in [1.29, 1.82) is 0 Å². The first-order valence-electron chi connectivity index (χ1n) is 9.43. The third-order valence-corrected chi connectivity index (χ3v) is 5.66. The Morgan fingerprint density at radius 2 is 1.43 bits per heavy atom. The highest BCUT2D eigenvalue weighted by Crippen LogP contribution is 2.42. The van der Waals surface area contributed by atoms with Crippen molar-refractivity contribution in [2.45, 2.75) is 6.92 Å². The van der Waals surface area contributed by atoms with Gasteiger partial charge in [-0.2, -0.15) is 0 Å². The monoisotopic (exact) mass is 364 g/mol. The maximum atomic E-state index is 6.45. The molecule has 0 aliphatic carbocycles. The summed E-state index contributed by atoms with van der Waals surface area (Å²) in [5.74, 6) is 0. The summed E-state index contributed by atoms with van der Waals surface area (Å²) in [6, 6.07) is 22.8. The number of rotatable bonds is 1. The first-order valence-corrected chi connectivity index (χ1v) is 9.43. The molecule has 134 valence electrons. The van der Waals surface area contributed by atoms with E-state index in [1.54, 1.807) is 0 Å². The van der Waals surface area contributed by atoms with E-state index in [9.17, 15) is 0 Å². The van der Waals surface area contributed by atoms with Crippen LogP contribution in [0.25, 0.3) is 55.1 Å². The molecule has 0 unspecified atom stereocenters. The summed E-state index contributed by atoms with van der Waals surface area (Å²) in [5, 5.41) is 4.49. The number of nitrogens with zero attached hydrogens (tertiary/aromatic N) is 1. The topological polar surface area (TPSA) is 30.2 Å². The van der Waals surface area contributed by atoms with Crippen LogP contribution in [-0.2, 0) is 7.05 Å². The van der Waals surface area contributed by atoms with Gasteiger partial charge >= 0.3 is 0 Å². The molecule has 0 N–H and O–H groups in total. The first kappa shape index (κ1) is 15.5. The molecule has 0 aliphatic heterocycles. The van der Waals surface area contributed by atoms with E-state index in [4.69, 9.17) is 8.83 Å². The van der Waals surface area contributed by atoms with Gasteiger partial charge < -0.3 is 8.83 Å². The van der Waals surface area contributed by atoms with Gasteiger partial charge in [0, 0.05) is 33.7 Å². The fraction of sp³-hybridized carbons (Fsp3) is 0.0800. The van der Waals surface area contributed by atoms with Gasteiger partial charge in [0.05, 0.1) is 5.56 Å². The van der Waals surface area contributed by atoms with Gasteiger partial charge in [-0.1, -0.05) is 30.3 Å². The van der Waals surface area contributed by atoms with Gasteiger partial charge in [-0.05, 0) is 36.8 Å². The van der Waals surface area contributed by atoms with E-state index in [1.165, 1.54) is 5.56 Å². The van der Waals surface area contributed by atoms with Crippen LogP contribution < -0.4 is 4.57 Å². The summed E-state index contributed by atoms with van der Waals surface area (Å²) < 4.78 is 14.7. The van der Waals surface area contributed by atoms with Crippen LogP contribution in [0.5, 0.6) is 0 Å². The number of furan rings is 2. The Bertz CT molecular complexity index is 1530. The van der Waals surface area contributed by atoms with Crippen molar-refractivity contribution in [3.05, 3.63) is 78.5 Å². The zero-order chi connectivity index (χ0) is 18.8. The predicted octanol–water partition coefficient (Wildman–Crippen LogP) is 6.29. The van der Waals surface area contributed by atoms with E-state index in [0.29, 0.717) is 0 Å². The first-order chi connectivity index (χ1) is 13.7. The molecular weight excluding hydrogens is 346 g/mol. The lowest BCUT2D eigenvalue weighted by molar-refractivity contribution is -0.660. The average molecular weight is 364 g/mol. The smallest absolute Gasteiger partial charge is 0.216 e. The fourth-order valence-corrected chi connectivity index (χ4v) is 4.35. The minimum Gasteiger partial charge on any atom is -0.456 e. The van der Waals surface area contributed by atoms with Crippen molar-refractivity contribution in [3.8, 4) is 11.3 Å². The summed E-state index contributed by atoms with van der Waals surface area (Å²) in [6.45, 7) is 2.14. The van der Waals surface area contributed by atoms with E-state index >= 15 is 0 Å². The number of para-hydroxylation sites is 1. The lowest BCUT2D eigenvalue weighted by Crippen LogP contribution is -2.30. The molecule has 0 fully saturated rings. The molecule has 3 nitrogen and oxygen atoms in total. The molecule has 3 heterocycles. The van der Waals surface area contributed by atoms with Crippen LogP contribution in [-0.4, -0.2) is 0 Å². The van der Waals surface area contributed by atoms with E-state index in [1.807, 2.05) is 30.3 Å². The van der Waals surface area contributed by atoms with E-state index in [0.717, 1.165) is 55.1 Å². The number of pyridine rings is 1. The summed E-state index contributed by atoms with van der Waals surface area (Å²) in [7, 11) is 2.07. The molecule has 3 heteroatoms. The van der Waals surface area contributed by atoms with Crippen LogP contribution >= 0.6 is 0 Å². The summed E-state index contributed by atoms with van der Waals surface area (Å²) in [5.41, 5.74) is 7.08. The van der Waals surface area contributed by atoms with Crippen LogP contribution in [0.3, 0.4) is 0 Å². The number of aromatic nitrogens is 1. The summed E-state index contributed by atoms with van der Waals surface area (Å²) in [4.78, 5) is 0. The van der Waals surface area contributed by atoms with Gasteiger partial charge in [-0.25, -0.2) is 4.57 Å². The quantitative estimate of drug-likeness (QED) is 0.321. The molecule has 6 aromatic rings. The van der Waals surface area contributed by atoms with Crippen molar-refractivity contribution in [1.82, 2.24) is 0 Å². The van der Waals surface area contributed by atoms with Crippen LogP contribution in [0.1, 0.15) is 5.56 Å². The van der Waals surface area contributed by atoms with Crippen molar-refractivity contribution in [2.24, 2.45) is 7.05 Å². The van der Waals surface area contributed by atoms with Crippen LogP contribution in [0, 0.1) is 6.92 Å². The highest BCUT2D eigenvalue weighted by molar-refractivity contribution is 6.26. The molecule has 0 bridgehead atoms. The van der Waals surface area contributed by atoms with Gasteiger partial charge in [-0.3, -0.25) is 0 Å². The van der Waals surface area contributed by atoms with Crippen molar-refractivity contribution < 1.29 is 13.4 Å². The third kappa shape index (κ3) is 1.96. The second kappa shape index (κ2) is 5.46. The standard InChI is InChI=1S/C25H18NO2/c1-15-10-11-17-24-21(28-25(17)22(15)18-8-5-6-14-26(18)2)13-12-20-23(24)16-7-3-4-9-19(16)27-20/h3-14H,1-2H3/q+1. The van der Waals surface area contributed by atoms with Gasteiger partial charge in [-0.15, -0.1) is 0 Å². The fourth-order valence-electron chi connectivity index (χ4n) is 4.35. The lowest BCUT2D eigenvalue weighted by atomic mass is 9.99. The summed E-state index contributed by atoms with van der Waals surface area (Å²) in [6.07, 6.45) is 2.07. The number of aryl methyl sites for hydroxylation is 2. The van der Waals surface area contributed by atoms with Crippen molar-refractivity contribution in [3.63, 3.8) is 0 Å². The Hall–Kier alpha value is -3.59. The Morgan fingerprint density at radius 3 is 2.29 bits per heavy atom. The minimum atomic E-state index is 0.888. The normalized spacial score (nSPS) is 11.9. The molecule has 0 radical (unpaired) electrons.